The minimum Gasteiger partial charge on any atom is -0.493 e. The van der Waals surface area contributed by atoms with Gasteiger partial charge in [0.15, 0.2) is 5.96 Å². The van der Waals surface area contributed by atoms with Gasteiger partial charge in [-0.25, -0.2) is 0 Å². The van der Waals surface area contributed by atoms with Crippen molar-refractivity contribution in [3.05, 3.63) is 29.8 Å². The van der Waals surface area contributed by atoms with Crippen LogP contribution < -0.4 is 15.8 Å². The largest absolute Gasteiger partial charge is 0.493 e. The standard InChI is InChI=1S/C16H24N4OS/c17-16(18-6-7-20-8-11-22-12-9-20)19-14-5-10-21-15-4-2-1-3-13(14)15/h1-4,14H,5-12H2,(H3,17,18,19). The van der Waals surface area contributed by atoms with E-state index in [1.54, 1.807) is 0 Å². The predicted octanol–water partition coefficient (Wildman–Crippen LogP) is 1.46. The molecule has 22 heavy (non-hydrogen) atoms. The highest BCUT2D eigenvalue weighted by Crippen LogP contribution is 2.31. The number of hydrogen-bond acceptors (Lipinski definition) is 4. The first-order chi connectivity index (χ1) is 10.8. The molecule has 1 unspecified atom stereocenters. The van der Waals surface area contributed by atoms with Gasteiger partial charge in [-0.1, -0.05) is 18.2 Å². The molecule has 0 bridgehead atoms. The Morgan fingerprint density at radius 3 is 3.05 bits per heavy atom. The maximum atomic E-state index is 6.05. The van der Waals surface area contributed by atoms with Gasteiger partial charge in [-0.05, 0) is 6.07 Å². The van der Waals surface area contributed by atoms with E-state index in [0.29, 0.717) is 12.6 Å². The lowest BCUT2D eigenvalue weighted by atomic mass is 10.0. The van der Waals surface area contributed by atoms with Crippen LogP contribution in [-0.4, -0.2) is 55.2 Å². The average Bonchev–Trinajstić information content (AvgIpc) is 2.56. The van der Waals surface area contributed by atoms with Crippen LogP contribution in [0.4, 0.5) is 0 Å². The number of benzene rings is 1. The molecule has 1 saturated heterocycles. The van der Waals surface area contributed by atoms with E-state index in [9.17, 15) is 0 Å². The second-order valence-corrected chi connectivity index (χ2v) is 6.82. The SMILES string of the molecule is NC(=NCCN1CCSCC1)NC1CCOc2ccccc21. The Hall–Kier alpha value is -1.40. The Morgan fingerprint density at radius 1 is 1.36 bits per heavy atom. The molecule has 0 spiro atoms. The summed E-state index contributed by atoms with van der Waals surface area (Å²) < 4.78 is 5.67. The third-order valence-corrected chi connectivity index (χ3v) is 5.03. The normalized spacial score (nSPS) is 22.7. The summed E-state index contributed by atoms with van der Waals surface area (Å²) in [4.78, 5) is 6.93. The first-order valence-corrected chi connectivity index (χ1v) is 9.06. The van der Waals surface area contributed by atoms with E-state index >= 15 is 0 Å². The number of guanidine groups is 1. The zero-order chi connectivity index (χ0) is 15.2. The number of hydrogen-bond donors (Lipinski definition) is 2. The molecular weight excluding hydrogens is 296 g/mol. The summed E-state index contributed by atoms with van der Waals surface area (Å²) in [7, 11) is 0. The van der Waals surface area contributed by atoms with Crippen LogP contribution in [0.5, 0.6) is 5.75 Å². The Labute approximate surface area is 136 Å². The molecule has 0 aliphatic carbocycles. The fourth-order valence-electron chi connectivity index (χ4n) is 2.85. The van der Waals surface area contributed by atoms with Gasteiger partial charge in [-0.2, -0.15) is 11.8 Å². The predicted molar refractivity (Wildman–Crippen MR) is 92.7 cm³/mol. The molecule has 0 aromatic heterocycles. The number of aliphatic imine (C=N–C) groups is 1. The number of nitrogens with one attached hydrogen (secondary N) is 1. The van der Waals surface area contributed by atoms with E-state index in [4.69, 9.17) is 10.5 Å². The highest BCUT2D eigenvalue weighted by Gasteiger charge is 2.21. The number of rotatable bonds is 4. The van der Waals surface area contributed by atoms with Gasteiger partial charge < -0.3 is 15.8 Å². The Morgan fingerprint density at radius 2 is 2.18 bits per heavy atom. The van der Waals surface area contributed by atoms with Gasteiger partial charge in [-0.3, -0.25) is 9.89 Å². The van der Waals surface area contributed by atoms with Crippen LogP contribution in [0.2, 0.25) is 0 Å². The molecule has 2 aliphatic rings. The summed E-state index contributed by atoms with van der Waals surface area (Å²) >= 11 is 2.03. The summed E-state index contributed by atoms with van der Waals surface area (Å²) in [6, 6.07) is 8.31. The van der Waals surface area contributed by atoms with Crippen molar-refractivity contribution < 1.29 is 4.74 Å². The van der Waals surface area contributed by atoms with Crippen LogP contribution in [-0.2, 0) is 0 Å². The van der Waals surface area contributed by atoms with Crippen LogP contribution >= 0.6 is 11.8 Å². The molecule has 0 amide bonds. The molecule has 6 heteroatoms. The molecule has 0 saturated carbocycles. The maximum Gasteiger partial charge on any atom is 0.189 e. The van der Waals surface area contributed by atoms with Gasteiger partial charge in [-0.15, -0.1) is 0 Å². The van der Waals surface area contributed by atoms with Crippen molar-refractivity contribution in [2.45, 2.75) is 12.5 Å². The smallest absolute Gasteiger partial charge is 0.189 e. The molecule has 5 nitrogen and oxygen atoms in total. The molecule has 0 radical (unpaired) electrons. The second-order valence-electron chi connectivity index (χ2n) is 5.59. The van der Waals surface area contributed by atoms with Crippen molar-refractivity contribution in [2.24, 2.45) is 10.7 Å². The summed E-state index contributed by atoms with van der Waals surface area (Å²) in [6.45, 7) is 4.80. The topological polar surface area (TPSA) is 62.9 Å². The zero-order valence-electron chi connectivity index (χ0n) is 12.8. The number of ether oxygens (including phenoxy) is 1. The third-order valence-electron chi connectivity index (χ3n) is 4.08. The minimum absolute atomic E-state index is 0.195. The van der Waals surface area contributed by atoms with Crippen molar-refractivity contribution in [3.63, 3.8) is 0 Å². The van der Waals surface area contributed by atoms with Gasteiger partial charge in [0.25, 0.3) is 0 Å². The van der Waals surface area contributed by atoms with E-state index < -0.39 is 0 Å². The molecule has 3 N–H and O–H groups in total. The summed E-state index contributed by atoms with van der Waals surface area (Å²) in [5, 5.41) is 3.34. The van der Waals surface area contributed by atoms with Crippen LogP contribution in [0.3, 0.4) is 0 Å². The number of thioether (sulfide) groups is 1. The summed E-state index contributed by atoms with van der Waals surface area (Å²) in [6.07, 6.45) is 0.913. The molecule has 1 fully saturated rings. The van der Waals surface area contributed by atoms with Crippen molar-refractivity contribution >= 4 is 17.7 Å². The van der Waals surface area contributed by atoms with E-state index in [1.807, 2.05) is 30.0 Å². The monoisotopic (exact) mass is 320 g/mol. The van der Waals surface area contributed by atoms with Gasteiger partial charge in [0, 0.05) is 43.1 Å². The number of nitrogens with two attached hydrogens (primary N) is 1. The number of nitrogens with zero attached hydrogens (tertiary/aromatic N) is 2. The maximum absolute atomic E-state index is 6.05. The van der Waals surface area contributed by atoms with Crippen LogP contribution in [0.1, 0.15) is 18.0 Å². The Balaban J connectivity index is 1.51. The number of fused-ring (bicyclic) bond motifs is 1. The molecular formula is C16H24N4OS. The highest BCUT2D eigenvalue weighted by atomic mass is 32.2. The first-order valence-electron chi connectivity index (χ1n) is 7.91. The first kappa shape index (κ1) is 15.5. The third kappa shape index (κ3) is 4.08. The summed E-state index contributed by atoms with van der Waals surface area (Å²) in [5.74, 6) is 3.95. The van der Waals surface area contributed by atoms with Crippen LogP contribution in [0, 0.1) is 0 Å². The van der Waals surface area contributed by atoms with Crippen LogP contribution in [0.25, 0.3) is 0 Å². The van der Waals surface area contributed by atoms with Crippen LogP contribution in [0.15, 0.2) is 29.3 Å². The molecule has 2 heterocycles. The second kappa shape index (κ2) is 7.74. The quantitative estimate of drug-likeness (QED) is 0.650. The molecule has 1 aromatic rings. The molecule has 120 valence electrons. The lowest BCUT2D eigenvalue weighted by Crippen LogP contribution is -2.38. The molecule has 1 aromatic carbocycles. The lowest BCUT2D eigenvalue weighted by Gasteiger charge is -2.27. The van der Waals surface area contributed by atoms with E-state index in [2.05, 4.69) is 21.3 Å². The fraction of sp³-hybridized carbons (Fsp3) is 0.562. The van der Waals surface area contributed by atoms with Gasteiger partial charge in [0.2, 0.25) is 0 Å². The fourth-order valence-corrected chi connectivity index (χ4v) is 3.83. The average molecular weight is 320 g/mol. The zero-order valence-corrected chi connectivity index (χ0v) is 13.6. The minimum atomic E-state index is 0.195. The Bertz CT molecular complexity index is 517. The Kier molecular flexibility index (Phi) is 5.45. The van der Waals surface area contributed by atoms with E-state index in [-0.39, 0.29) is 6.04 Å². The molecule has 1 atom stereocenters. The molecule has 2 aliphatic heterocycles. The van der Waals surface area contributed by atoms with Crippen molar-refractivity contribution in [1.29, 1.82) is 0 Å². The van der Waals surface area contributed by atoms with Gasteiger partial charge >= 0.3 is 0 Å². The van der Waals surface area contributed by atoms with Crippen molar-refractivity contribution in [2.75, 3.05) is 44.3 Å². The summed E-state index contributed by atoms with van der Waals surface area (Å²) in [5.41, 5.74) is 7.22. The van der Waals surface area contributed by atoms with Gasteiger partial charge in [0.05, 0.1) is 19.2 Å². The van der Waals surface area contributed by atoms with E-state index in [0.717, 1.165) is 25.3 Å². The van der Waals surface area contributed by atoms with E-state index in [1.165, 1.54) is 30.2 Å². The van der Waals surface area contributed by atoms with Crippen molar-refractivity contribution in [1.82, 2.24) is 10.2 Å². The molecule has 3 rings (SSSR count). The van der Waals surface area contributed by atoms with Crippen molar-refractivity contribution in [3.8, 4) is 5.75 Å². The number of para-hydroxylation sites is 1. The lowest BCUT2D eigenvalue weighted by molar-refractivity contribution is 0.262. The van der Waals surface area contributed by atoms with Gasteiger partial charge in [0.1, 0.15) is 5.75 Å². The highest BCUT2D eigenvalue weighted by molar-refractivity contribution is 7.99.